The van der Waals surface area contributed by atoms with Gasteiger partial charge in [-0.1, -0.05) is 19.9 Å². The van der Waals surface area contributed by atoms with Crippen LogP contribution in [0.15, 0.2) is 36.9 Å². The fraction of sp³-hybridized carbons (Fsp3) is 0.438. The molecule has 5 nitrogen and oxygen atoms in total. The summed E-state index contributed by atoms with van der Waals surface area (Å²) < 4.78 is 29.2. The first-order valence-corrected chi connectivity index (χ1v) is 8.84. The van der Waals surface area contributed by atoms with Crippen LogP contribution in [0.4, 0.5) is 5.69 Å². The van der Waals surface area contributed by atoms with E-state index in [4.69, 9.17) is 4.74 Å². The van der Waals surface area contributed by atoms with E-state index in [0.717, 1.165) is 0 Å². The minimum atomic E-state index is -3.51. The molecular weight excluding hydrogens is 302 g/mol. The van der Waals surface area contributed by atoms with Gasteiger partial charge in [-0.2, -0.15) is 0 Å². The first-order valence-electron chi connectivity index (χ1n) is 7.12. The first-order chi connectivity index (χ1) is 10.3. The van der Waals surface area contributed by atoms with Gasteiger partial charge < -0.3 is 10.1 Å². The first kappa shape index (κ1) is 18.2. The molecule has 0 spiro atoms. The zero-order valence-electron chi connectivity index (χ0n) is 13.2. The highest BCUT2D eigenvalue weighted by atomic mass is 32.2. The molecule has 122 valence electrons. The normalized spacial score (nSPS) is 12.7. The number of carbonyl (C=O) groups excluding carboxylic acids is 1. The molecule has 0 aliphatic heterocycles. The Hall–Kier alpha value is -1.82. The van der Waals surface area contributed by atoms with Gasteiger partial charge in [0.05, 0.1) is 12.4 Å². The zero-order valence-corrected chi connectivity index (χ0v) is 14.0. The Kier molecular flexibility index (Phi) is 6.61. The van der Waals surface area contributed by atoms with Crippen LogP contribution in [0.25, 0.3) is 0 Å². The van der Waals surface area contributed by atoms with E-state index >= 15 is 0 Å². The van der Waals surface area contributed by atoms with Crippen molar-refractivity contribution in [1.29, 1.82) is 0 Å². The molecule has 0 bridgehead atoms. The van der Waals surface area contributed by atoms with Gasteiger partial charge in [0.15, 0.2) is 9.84 Å². The Morgan fingerprint density at radius 3 is 2.36 bits per heavy atom. The summed E-state index contributed by atoms with van der Waals surface area (Å²) in [5, 5.41) is 1.47. The number of sulfone groups is 1. The van der Waals surface area contributed by atoms with E-state index in [0.29, 0.717) is 24.0 Å². The van der Waals surface area contributed by atoms with Gasteiger partial charge in [0.1, 0.15) is 11.0 Å². The summed E-state index contributed by atoms with van der Waals surface area (Å²) in [4.78, 5) is 12.0. The van der Waals surface area contributed by atoms with Crippen LogP contribution in [0.5, 0.6) is 5.75 Å². The summed E-state index contributed by atoms with van der Waals surface area (Å²) >= 11 is 0. The summed E-state index contributed by atoms with van der Waals surface area (Å²) in [6.07, 6.45) is 1.28. The molecule has 1 atom stereocenters. The lowest BCUT2D eigenvalue weighted by Gasteiger charge is -2.13. The molecule has 0 saturated heterocycles. The largest absolute Gasteiger partial charge is 0.493 e. The second-order valence-corrected chi connectivity index (χ2v) is 7.85. The number of nitrogens with one attached hydrogen (secondary N) is 1. The van der Waals surface area contributed by atoms with Crippen molar-refractivity contribution in [3.63, 3.8) is 0 Å². The van der Waals surface area contributed by atoms with Gasteiger partial charge in [-0.15, -0.1) is 6.58 Å². The summed E-state index contributed by atoms with van der Waals surface area (Å²) in [5.74, 6) is 0.357. The summed E-state index contributed by atoms with van der Waals surface area (Å²) in [6.45, 7) is 9.48. The van der Waals surface area contributed by atoms with Crippen molar-refractivity contribution in [2.24, 2.45) is 5.92 Å². The molecule has 1 unspecified atom stereocenters. The van der Waals surface area contributed by atoms with Crippen LogP contribution in [-0.4, -0.2) is 31.9 Å². The Morgan fingerprint density at radius 1 is 1.27 bits per heavy atom. The van der Waals surface area contributed by atoms with Crippen molar-refractivity contribution >= 4 is 21.4 Å². The molecule has 0 aromatic heterocycles. The maximum atomic E-state index is 12.0. The van der Waals surface area contributed by atoms with Crippen molar-refractivity contribution < 1.29 is 17.9 Å². The molecule has 0 aliphatic carbocycles. The molecule has 0 saturated carbocycles. The van der Waals surface area contributed by atoms with E-state index in [2.05, 4.69) is 25.7 Å². The van der Waals surface area contributed by atoms with Gasteiger partial charge in [0, 0.05) is 5.69 Å². The lowest BCUT2D eigenvalue weighted by molar-refractivity contribution is -0.115. The second kappa shape index (κ2) is 7.98. The standard InChI is InChI=1S/C16H23NO4S/c1-5-10-22(19,20)13(4)16(18)17-14-6-8-15(9-7-14)21-11-12(2)3/h5-9,12-13H,1,10-11H2,2-4H3,(H,17,18). The maximum absolute atomic E-state index is 12.0. The number of amides is 1. The SMILES string of the molecule is C=CCS(=O)(=O)C(C)C(=O)Nc1ccc(OCC(C)C)cc1. The summed E-state index contributed by atoms with van der Waals surface area (Å²) in [6, 6.07) is 6.84. The average Bonchev–Trinajstić information content (AvgIpc) is 2.45. The van der Waals surface area contributed by atoms with Crippen LogP contribution in [-0.2, 0) is 14.6 Å². The van der Waals surface area contributed by atoms with Crippen LogP contribution >= 0.6 is 0 Å². The van der Waals surface area contributed by atoms with Gasteiger partial charge >= 0.3 is 0 Å². The van der Waals surface area contributed by atoms with Crippen LogP contribution in [0.2, 0.25) is 0 Å². The van der Waals surface area contributed by atoms with E-state index in [1.165, 1.54) is 13.0 Å². The lowest BCUT2D eigenvalue weighted by Crippen LogP contribution is -2.33. The number of rotatable bonds is 8. The number of ether oxygens (including phenoxy) is 1. The Balaban J connectivity index is 2.67. The van der Waals surface area contributed by atoms with E-state index in [9.17, 15) is 13.2 Å². The van der Waals surface area contributed by atoms with Crippen LogP contribution in [0, 0.1) is 5.92 Å². The number of benzene rings is 1. The monoisotopic (exact) mass is 325 g/mol. The molecule has 0 aliphatic rings. The van der Waals surface area contributed by atoms with E-state index in [1.54, 1.807) is 24.3 Å². The van der Waals surface area contributed by atoms with Gasteiger partial charge in [0.25, 0.3) is 0 Å². The molecule has 0 fully saturated rings. The third-order valence-corrected chi connectivity index (χ3v) is 4.95. The minimum absolute atomic E-state index is 0.219. The number of carbonyl (C=O) groups is 1. The zero-order chi connectivity index (χ0) is 16.8. The molecule has 1 N–H and O–H groups in total. The molecule has 1 rings (SSSR count). The molecule has 0 radical (unpaired) electrons. The molecule has 1 amide bonds. The van der Waals surface area contributed by atoms with E-state index in [1.807, 2.05) is 0 Å². The number of hydrogen-bond acceptors (Lipinski definition) is 4. The summed E-state index contributed by atoms with van der Waals surface area (Å²) in [5.41, 5.74) is 0.530. The number of anilines is 1. The molecule has 0 heterocycles. The molecule has 6 heteroatoms. The van der Waals surface area contributed by atoms with Crippen molar-refractivity contribution in [3.8, 4) is 5.75 Å². The highest BCUT2D eigenvalue weighted by molar-refractivity contribution is 7.92. The fourth-order valence-corrected chi connectivity index (χ4v) is 2.62. The van der Waals surface area contributed by atoms with Crippen molar-refractivity contribution in [2.45, 2.75) is 26.0 Å². The highest BCUT2D eigenvalue weighted by Crippen LogP contribution is 2.17. The smallest absolute Gasteiger partial charge is 0.242 e. The maximum Gasteiger partial charge on any atom is 0.242 e. The lowest BCUT2D eigenvalue weighted by atomic mass is 10.2. The predicted octanol–water partition coefficient (Wildman–Crippen LogP) is 2.65. The quantitative estimate of drug-likeness (QED) is 0.746. The minimum Gasteiger partial charge on any atom is -0.493 e. The van der Waals surface area contributed by atoms with E-state index < -0.39 is 21.0 Å². The van der Waals surface area contributed by atoms with Gasteiger partial charge in [-0.05, 0) is 37.1 Å². The molecule has 1 aromatic carbocycles. The van der Waals surface area contributed by atoms with Gasteiger partial charge in [0.2, 0.25) is 5.91 Å². The molecule has 1 aromatic rings. The van der Waals surface area contributed by atoms with Crippen molar-refractivity contribution in [3.05, 3.63) is 36.9 Å². The summed E-state index contributed by atoms with van der Waals surface area (Å²) in [7, 11) is -3.51. The van der Waals surface area contributed by atoms with Gasteiger partial charge in [-0.25, -0.2) is 8.42 Å². The topological polar surface area (TPSA) is 72.5 Å². The van der Waals surface area contributed by atoms with E-state index in [-0.39, 0.29) is 5.75 Å². The number of hydrogen-bond donors (Lipinski definition) is 1. The molecular formula is C16H23NO4S. The molecule has 22 heavy (non-hydrogen) atoms. The average molecular weight is 325 g/mol. The Labute approximate surface area is 132 Å². The van der Waals surface area contributed by atoms with Crippen LogP contribution in [0.1, 0.15) is 20.8 Å². The van der Waals surface area contributed by atoms with Crippen molar-refractivity contribution in [2.75, 3.05) is 17.7 Å². The highest BCUT2D eigenvalue weighted by Gasteiger charge is 2.26. The van der Waals surface area contributed by atoms with Crippen molar-refractivity contribution in [1.82, 2.24) is 0 Å². The fourth-order valence-electron chi connectivity index (χ4n) is 1.61. The van der Waals surface area contributed by atoms with Crippen LogP contribution in [0.3, 0.4) is 0 Å². The Bertz CT molecular complexity index is 606. The van der Waals surface area contributed by atoms with Gasteiger partial charge in [-0.3, -0.25) is 4.79 Å². The third-order valence-electron chi connectivity index (χ3n) is 2.96. The Morgan fingerprint density at radius 2 is 1.86 bits per heavy atom. The second-order valence-electron chi connectivity index (χ2n) is 5.48. The van der Waals surface area contributed by atoms with Crippen LogP contribution < -0.4 is 10.1 Å². The third kappa shape index (κ3) is 5.52. The predicted molar refractivity (Wildman–Crippen MR) is 88.9 cm³/mol.